The maximum atomic E-state index is 10.7. The number of methoxy groups -OCH3 is 2. The molecule has 100 valence electrons. The Morgan fingerprint density at radius 1 is 1.28 bits per heavy atom. The van der Waals surface area contributed by atoms with Crippen LogP contribution < -0.4 is 15.2 Å². The zero-order valence-electron chi connectivity index (χ0n) is 10.3. The number of benzene rings is 1. The molecule has 1 aromatic rings. The summed E-state index contributed by atoms with van der Waals surface area (Å²) in [7, 11) is 2.87. The van der Waals surface area contributed by atoms with E-state index in [1.54, 1.807) is 18.2 Å². The summed E-state index contributed by atoms with van der Waals surface area (Å²) in [5.41, 5.74) is 5.27. The lowest BCUT2D eigenvalue weighted by Crippen LogP contribution is -2.26. The fraction of sp³-hybridized carbons (Fsp3) is 0.417. The lowest BCUT2D eigenvalue weighted by molar-refractivity contribution is -0.121. The highest BCUT2D eigenvalue weighted by molar-refractivity contribution is 5.74. The van der Waals surface area contributed by atoms with E-state index in [1.165, 1.54) is 14.2 Å². The summed E-state index contributed by atoms with van der Waals surface area (Å²) in [6, 6.07) is 4.93. The third-order valence-electron chi connectivity index (χ3n) is 2.54. The van der Waals surface area contributed by atoms with Gasteiger partial charge in [-0.05, 0) is 12.1 Å². The summed E-state index contributed by atoms with van der Waals surface area (Å²) in [4.78, 5) is 10.7. The van der Waals surface area contributed by atoms with Gasteiger partial charge in [0.05, 0.1) is 32.3 Å². The number of aliphatic hydroxyl groups is 2. The lowest BCUT2D eigenvalue weighted by atomic mass is 10.00. The third-order valence-corrected chi connectivity index (χ3v) is 2.54. The SMILES string of the molecule is COc1cccc(OC)c1C(O)C(O)CC(N)=O. The molecule has 2 atom stereocenters. The molecule has 0 spiro atoms. The molecule has 0 aliphatic heterocycles. The van der Waals surface area contributed by atoms with Crippen molar-refractivity contribution in [2.45, 2.75) is 18.6 Å². The molecule has 0 heterocycles. The molecule has 2 unspecified atom stereocenters. The van der Waals surface area contributed by atoms with Crippen molar-refractivity contribution in [3.8, 4) is 11.5 Å². The normalized spacial score (nSPS) is 13.8. The van der Waals surface area contributed by atoms with Crippen molar-refractivity contribution in [2.75, 3.05) is 14.2 Å². The highest BCUT2D eigenvalue weighted by Crippen LogP contribution is 2.35. The molecule has 0 aliphatic carbocycles. The number of rotatable bonds is 6. The molecule has 4 N–H and O–H groups in total. The third kappa shape index (κ3) is 3.12. The van der Waals surface area contributed by atoms with Crippen molar-refractivity contribution in [1.29, 1.82) is 0 Å². The zero-order chi connectivity index (χ0) is 13.7. The van der Waals surface area contributed by atoms with E-state index in [1.807, 2.05) is 0 Å². The van der Waals surface area contributed by atoms with E-state index < -0.39 is 18.1 Å². The number of nitrogens with two attached hydrogens (primary N) is 1. The van der Waals surface area contributed by atoms with Gasteiger partial charge in [0.2, 0.25) is 5.91 Å². The summed E-state index contributed by atoms with van der Waals surface area (Å²) < 4.78 is 10.2. The minimum Gasteiger partial charge on any atom is -0.496 e. The van der Waals surface area contributed by atoms with Crippen molar-refractivity contribution in [3.63, 3.8) is 0 Å². The molecule has 0 fully saturated rings. The standard InChI is InChI=1S/C12H17NO5/c1-17-8-4-3-5-9(18-2)11(8)12(16)7(14)6-10(13)15/h3-5,7,12,14,16H,6H2,1-2H3,(H2,13,15). The predicted molar refractivity (Wildman–Crippen MR) is 64.3 cm³/mol. The molecule has 0 aliphatic rings. The Balaban J connectivity index is 3.09. The van der Waals surface area contributed by atoms with Crippen molar-refractivity contribution in [1.82, 2.24) is 0 Å². The van der Waals surface area contributed by atoms with Crippen LogP contribution in [0.5, 0.6) is 11.5 Å². The van der Waals surface area contributed by atoms with Gasteiger partial charge in [-0.1, -0.05) is 6.07 Å². The summed E-state index contributed by atoms with van der Waals surface area (Å²) in [5, 5.41) is 19.8. The Bertz CT molecular complexity index is 399. The van der Waals surface area contributed by atoms with E-state index in [4.69, 9.17) is 15.2 Å². The number of primary amides is 1. The summed E-state index contributed by atoms with van der Waals surface area (Å²) in [6.07, 6.45) is -2.97. The molecule has 0 saturated carbocycles. The van der Waals surface area contributed by atoms with Gasteiger partial charge in [-0.3, -0.25) is 4.79 Å². The first kappa shape index (κ1) is 14.3. The first-order valence-electron chi connectivity index (χ1n) is 5.36. The monoisotopic (exact) mass is 255 g/mol. The number of hydrogen-bond donors (Lipinski definition) is 3. The molecular weight excluding hydrogens is 238 g/mol. The van der Waals surface area contributed by atoms with Crippen LogP contribution in [0.4, 0.5) is 0 Å². The minimum atomic E-state index is -1.32. The van der Waals surface area contributed by atoms with E-state index in [-0.39, 0.29) is 12.0 Å². The van der Waals surface area contributed by atoms with E-state index in [2.05, 4.69) is 0 Å². The van der Waals surface area contributed by atoms with E-state index in [0.717, 1.165) is 0 Å². The number of amides is 1. The highest BCUT2D eigenvalue weighted by atomic mass is 16.5. The number of carbonyl (C=O) groups excluding carboxylic acids is 1. The maximum Gasteiger partial charge on any atom is 0.220 e. The molecule has 0 aromatic heterocycles. The maximum absolute atomic E-state index is 10.7. The van der Waals surface area contributed by atoms with Gasteiger partial charge in [0.1, 0.15) is 17.6 Å². The summed E-state index contributed by atoms with van der Waals surface area (Å²) >= 11 is 0. The summed E-state index contributed by atoms with van der Waals surface area (Å²) in [5.74, 6) is 0.0335. The minimum absolute atomic E-state index is 0.288. The second-order valence-corrected chi connectivity index (χ2v) is 3.76. The van der Waals surface area contributed by atoms with Crippen LogP contribution in [0.1, 0.15) is 18.1 Å². The smallest absolute Gasteiger partial charge is 0.220 e. The Kier molecular flexibility index (Phi) is 4.94. The van der Waals surface area contributed by atoms with Gasteiger partial charge in [-0.25, -0.2) is 0 Å². The molecule has 1 amide bonds. The van der Waals surface area contributed by atoms with Crippen molar-refractivity contribution in [3.05, 3.63) is 23.8 Å². The van der Waals surface area contributed by atoms with Gasteiger partial charge in [-0.15, -0.1) is 0 Å². The largest absolute Gasteiger partial charge is 0.496 e. The van der Waals surface area contributed by atoms with Crippen molar-refractivity contribution < 1.29 is 24.5 Å². The van der Waals surface area contributed by atoms with Crippen LogP contribution in [-0.2, 0) is 4.79 Å². The quantitative estimate of drug-likeness (QED) is 0.662. The number of ether oxygens (including phenoxy) is 2. The fourth-order valence-electron chi connectivity index (χ4n) is 1.68. The highest BCUT2D eigenvalue weighted by Gasteiger charge is 2.26. The van der Waals surface area contributed by atoms with Crippen LogP contribution in [0.3, 0.4) is 0 Å². The number of carbonyl (C=O) groups is 1. The molecule has 18 heavy (non-hydrogen) atoms. The Morgan fingerprint density at radius 2 is 1.78 bits per heavy atom. The van der Waals surface area contributed by atoms with Crippen LogP contribution in [0.25, 0.3) is 0 Å². The molecule has 6 nitrogen and oxygen atoms in total. The molecule has 1 aromatic carbocycles. The van der Waals surface area contributed by atoms with Gasteiger partial charge in [-0.2, -0.15) is 0 Å². The second-order valence-electron chi connectivity index (χ2n) is 3.76. The predicted octanol–water partition coefficient (Wildman–Crippen LogP) is -0.0265. The number of hydrogen-bond acceptors (Lipinski definition) is 5. The zero-order valence-corrected chi connectivity index (χ0v) is 10.3. The molecule has 6 heteroatoms. The first-order valence-corrected chi connectivity index (χ1v) is 5.36. The van der Waals surface area contributed by atoms with Crippen LogP contribution in [-0.4, -0.2) is 36.4 Å². The van der Waals surface area contributed by atoms with E-state index in [9.17, 15) is 15.0 Å². The lowest BCUT2D eigenvalue weighted by Gasteiger charge is -2.21. The van der Waals surface area contributed by atoms with Crippen LogP contribution in [0, 0.1) is 0 Å². The Labute approximate surface area is 105 Å². The van der Waals surface area contributed by atoms with E-state index >= 15 is 0 Å². The van der Waals surface area contributed by atoms with Crippen LogP contribution >= 0.6 is 0 Å². The Hall–Kier alpha value is -1.79. The second kappa shape index (κ2) is 6.23. The van der Waals surface area contributed by atoms with E-state index in [0.29, 0.717) is 11.5 Å². The topological polar surface area (TPSA) is 102 Å². The van der Waals surface area contributed by atoms with Crippen molar-refractivity contribution in [2.24, 2.45) is 5.73 Å². The molecule has 0 radical (unpaired) electrons. The van der Waals surface area contributed by atoms with Gasteiger partial charge in [0, 0.05) is 0 Å². The Morgan fingerprint density at radius 3 is 2.17 bits per heavy atom. The first-order chi connectivity index (χ1) is 8.51. The molecule has 0 saturated heterocycles. The van der Waals surface area contributed by atoms with Crippen LogP contribution in [0.15, 0.2) is 18.2 Å². The summed E-state index contributed by atoms with van der Waals surface area (Å²) in [6.45, 7) is 0. The number of aliphatic hydroxyl groups excluding tert-OH is 2. The van der Waals surface area contributed by atoms with Crippen molar-refractivity contribution >= 4 is 5.91 Å². The average molecular weight is 255 g/mol. The molecule has 0 bridgehead atoms. The van der Waals surface area contributed by atoms with Gasteiger partial charge in [0.25, 0.3) is 0 Å². The van der Waals surface area contributed by atoms with Gasteiger partial charge < -0.3 is 25.4 Å². The van der Waals surface area contributed by atoms with Gasteiger partial charge in [0.15, 0.2) is 0 Å². The fourth-order valence-corrected chi connectivity index (χ4v) is 1.68. The van der Waals surface area contributed by atoms with Gasteiger partial charge >= 0.3 is 0 Å². The van der Waals surface area contributed by atoms with Crippen LogP contribution in [0.2, 0.25) is 0 Å². The average Bonchev–Trinajstić information content (AvgIpc) is 2.35. The molecule has 1 rings (SSSR count). The molecular formula is C12H17NO5.